The highest BCUT2D eigenvalue weighted by Gasteiger charge is 2.25. The van der Waals surface area contributed by atoms with E-state index in [-0.39, 0.29) is 6.10 Å². The minimum absolute atomic E-state index is 0.00797. The number of aliphatic hydroxyl groups is 1. The first kappa shape index (κ1) is 9.40. The Balaban J connectivity index is 2.17. The summed E-state index contributed by atoms with van der Waals surface area (Å²) in [6.07, 6.45) is 4.55. The zero-order valence-electron chi connectivity index (χ0n) is 7.45. The third kappa shape index (κ3) is 3.48. The minimum Gasteiger partial charge on any atom is -0.393 e. The van der Waals surface area contributed by atoms with Crippen LogP contribution in [0.2, 0.25) is 0 Å². The first-order valence-electron chi connectivity index (χ1n) is 4.56. The number of thiol groups is 1. The summed E-state index contributed by atoms with van der Waals surface area (Å²) in [6, 6.07) is 0. The van der Waals surface area contributed by atoms with Crippen LogP contribution in [-0.2, 0) is 11.8 Å². The van der Waals surface area contributed by atoms with Crippen LogP contribution in [0, 0.1) is 0 Å². The van der Waals surface area contributed by atoms with E-state index in [1.165, 1.54) is 12.8 Å². The highest BCUT2D eigenvalue weighted by molar-refractivity contribution is 7.79. The van der Waals surface area contributed by atoms with Gasteiger partial charge >= 0.3 is 0 Å². The van der Waals surface area contributed by atoms with Crippen molar-refractivity contribution in [3.63, 3.8) is 0 Å². The summed E-state index contributed by atoms with van der Waals surface area (Å²) in [7, 11) is 0. The van der Waals surface area contributed by atoms with Gasteiger partial charge in [0.2, 0.25) is 0 Å². The van der Waals surface area contributed by atoms with Crippen molar-refractivity contribution in [1.82, 2.24) is 0 Å². The van der Waals surface area contributed by atoms with E-state index in [1.54, 1.807) is 11.8 Å². The molecule has 1 fully saturated rings. The predicted molar refractivity (Wildman–Crippen MR) is 52.2 cm³/mol. The quantitative estimate of drug-likeness (QED) is 0.498. The Labute approximate surface area is 73.6 Å². The average molecular weight is 175 g/mol. The molecule has 1 nitrogen and oxygen atoms in total. The lowest BCUT2D eigenvalue weighted by Crippen LogP contribution is -2.25. The molecule has 1 aliphatic carbocycles. The number of aliphatic hydroxyl groups excluding tert-OH is 1. The lowest BCUT2D eigenvalue weighted by atomic mass is 9.97. The summed E-state index contributed by atoms with van der Waals surface area (Å²) in [5.41, 5.74) is 0. The Hall–Kier alpha value is 0.310. The molecular weight excluding hydrogens is 156 g/mol. The van der Waals surface area contributed by atoms with E-state index in [0.29, 0.717) is 0 Å². The summed E-state index contributed by atoms with van der Waals surface area (Å²) >= 11 is 1.59. The summed E-state index contributed by atoms with van der Waals surface area (Å²) in [6.45, 7) is 4.54. The topological polar surface area (TPSA) is 20.2 Å². The Morgan fingerprint density at radius 1 is 1.18 bits per heavy atom. The van der Waals surface area contributed by atoms with Crippen molar-refractivity contribution < 1.29 is 5.11 Å². The van der Waals surface area contributed by atoms with Crippen LogP contribution in [0.3, 0.4) is 0 Å². The largest absolute Gasteiger partial charge is 0.393 e. The second-order valence-corrected chi connectivity index (χ2v) is 5.77. The van der Waals surface area contributed by atoms with Crippen LogP contribution in [0.4, 0.5) is 0 Å². The Morgan fingerprint density at radius 2 is 1.73 bits per heavy atom. The molecule has 0 aromatic carbocycles. The number of hydrogen-bond donors (Lipinski definition) is 1. The van der Waals surface area contributed by atoms with E-state index < -0.39 is 0 Å². The van der Waals surface area contributed by atoms with Gasteiger partial charge in [0.05, 0.1) is 6.10 Å². The van der Waals surface area contributed by atoms with Gasteiger partial charge in [-0.3, -0.25) is 0 Å². The highest BCUT2D eigenvalue weighted by Crippen LogP contribution is 2.22. The van der Waals surface area contributed by atoms with E-state index in [0.717, 1.165) is 23.3 Å². The third-order valence-corrected chi connectivity index (χ3v) is 3.71. The Bertz CT molecular complexity index is 106. The minimum atomic E-state index is 0.00797. The van der Waals surface area contributed by atoms with Gasteiger partial charge < -0.3 is 5.11 Å². The molecule has 0 atom stereocenters. The molecule has 66 valence electrons. The molecule has 1 N–H and O–H groups in total. The fourth-order valence-electron chi connectivity index (χ4n) is 1.63. The van der Waals surface area contributed by atoms with Gasteiger partial charge in [-0.15, -0.1) is 0 Å². The Kier molecular flexibility index (Phi) is 3.73. The molecule has 0 radical (unpaired) electrons. The standard InChI is InChI=1S/C9H18OS/c1-7(2)11-9-5-3-8(10)4-6-9/h7-10H,3-6H2,1-2H3/p+1. The molecule has 1 rings (SSSR count). The van der Waals surface area contributed by atoms with Crippen LogP contribution in [0.25, 0.3) is 0 Å². The monoisotopic (exact) mass is 175 g/mol. The SMILES string of the molecule is CC(C)[SH+]C1CCC(O)CC1. The van der Waals surface area contributed by atoms with Gasteiger partial charge in [-0.05, 0) is 51.3 Å². The number of rotatable bonds is 2. The third-order valence-electron chi connectivity index (χ3n) is 2.18. The molecule has 1 saturated carbocycles. The van der Waals surface area contributed by atoms with Gasteiger partial charge in [0.1, 0.15) is 10.5 Å². The molecule has 0 heterocycles. The van der Waals surface area contributed by atoms with E-state index in [1.807, 2.05) is 0 Å². The van der Waals surface area contributed by atoms with Gasteiger partial charge in [-0.25, -0.2) is 0 Å². The maximum absolute atomic E-state index is 9.26. The van der Waals surface area contributed by atoms with Gasteiger partial charge in [-0.1, -0.05) is 0 Å². The van der Waals surface area contributed by atoms with Gasteiger partial charge in [0, 0.05) is 0 Å². The van der Waals surface area contributed by atoms with Gasteiger partial charge in [0.15, 0.2) is 0 Å². The highest BCUT2D eigenvalue weighted by atomic mass is 32.2. The predicted octanol–water partition coefficient (Wildman–Crippen LogP) is 1.51. The lowest BCUT2D eigenvalue weighted by Gasteiger charge is -2.21. The first-order valence-corrected chi connectivity index (χ1v) is 5.60. The van der Waals surface area contributed by atoms with Crippen LogP contribution in [0.5, 0.6) is 0 Å². The van der Waals surface area contributed by atoms with Gasteiger partial charge in [-0.2, -0.15) is 0 Å². The fourth-order valence-corrected chi connectivity index (χ4v) is 3.07. The van der Waals surface area contributed by atoms with E-state index in [4.69, 9.17) is 0 Å². The summed E-state index contributed by atoms with van der Waals surface area (Å²) in [5.74, 6) is 0. The molecule has 0 saturated heterocycles. The smallest absolute Gasteiger partial charge is 0.116 e. The van der Waals surface area contributed by atoms with Crippen LogP contribution in [0.15, 0.2) is 0 Å². The second kappa shape index (κ2) is 4.36. The van der Waals surface area contributed by atoms with Crippen molar-refractivity contribution in [2.24, 2.45) is 0 Å². The van der Waals surface area contributed by atoms with Crippen LogP contribution in [0.1, 0.15) is 39.5 Å². The van der Waals surface area contributed by atoms with Crippen molar-refractivity contribution in [2.75, 3.05) is 0 Å². The maximum Gasteiger partial charge on any atom is 0.116 e. The molecular formula is C9H19OS+. The first-order chi connectivity index (χ1) is 5.18. The van der Waals surface area contributed by atoms with Crippen LogP contribution >= 0.6 is 0 Å². The molecule has 11 heavy (non-hydrogen) atoms. The summed E-state index contributed by atoms with van der Waals surface area (Å²) < 4.78 is 0. The molecule has 0 aromatic rings. The molecule has 2 heteroatoms. The maximum atomic E-state index is 9.26. The van der Waals surface area contributed by atoms with Crippen LogP contribution < -0.4 is 0 Å². The Morgan fingerprint density at radius 3 is 2.18 bits per heavy atom. The van der Waals surface area contributed by atoms with E-state index in [9.17, 15) is 5.11 Å². The normalized spacial score (nSPS) is 32.7. The molecule has 0 unspecified atom stereocenters. The fraction of sp³-hybridized carbons (Fsp3) is 1.00. The molecule has 0 aliphatic heterocycles. The molecule has 0 amide bonds. The lowest BCUT2D eigenvalue weighted by molar-refractivity contribution is 0.132. The van der Waals surface area contributed by atoms with Crippen molar-refractivity contribution >= 4 is 11.8 Å². The zero-order chi connectivity index (χ0) is 8.27. The summed E-state index contributed by atoms with van der Waals surface area (Å²) in [4.78, 5) is 0. The average Bonchev–Trinajstić information content (AvgIpc) is 1.93. The zero-order valence-corrected chi connectivity index (χ0v) is 8.35. The van der Waals surface area contributed by atoms with Crippen molar-refractivity contribution in [3.05, 3.63) is 0 Å². The van der Waals surface area contributed by atoms with Crippen LogP contribution in [-0.4, -0.2) is 21.7 Å². The molecule has 0 aromatic heterocycles. The second-order valence-electron chi connectivity index (χ2n) is 3.71. The molecule has 0 spiro atoms. The molecule has 1 aliphatic rings. The van der Waals surface area contributed by atoms with Crippen molar-refractivity contribution in [3.8, 4) is 0 Å². The van der Waals surface area contributed by atoms with Crippen molar-refractivity contribution in [1.29, 1.82) is 0 Å². The van der Waals surface area contributed by atoms with E-state index >= 15 is 0 Å². The van der Waals surface area contributed by atoms with E-state index in [2.05, 4.69) is 13.8 Å². The number of hydrogen-bond acceptors (Lipinski definition) is 1. The summed E-state index contributed by atoms with van der Waals surface area (Å²) in [5, 5.41) is 10.9. The molecule has 0 bridgehead atoms. The van der Waals surface area contributed by atoms with Crippen molar-refractivity contribution in [2.45, 2.75) is 56.1 Å². The van der Waals surface area contributed by atoms with Gasteiger partial charge in [0.25, 0.3) is 0 Å².